The lowest BCUT2D eigenvalue weighted by molar-refractivity contribution is 0.0369. The Kier molecular flexibility index (Phi) is 7.63. The Morgan fingerprint density at radius 1 is 1.24 bits per heavy atom. The van der Waals surface area contributed by atoms with Crippen LogP contribution in [0.1, 0.15) is 33.3 Å². The molecule has 0 radical (unpaired) electrons. The quantitative estimate of drug-likeness (QED) is 0.544. The molecule has 0 fully saturated rings. The highest BCUT2D eigenvalue weighted by Crippen LogP contribution is 2.15. The molecular formula is C18H27NO5S. The van der Waals surface area contributed by atoms with Gasteiger partial charge in [-0.1, -0.05) is 42.5 Å². The van der Waals surface area contributed by atoms with Crippen molar-refractivity contribution in [1.82, 2.24) is 4.31 Å². The number of amides is 1. The zero-order valence-corrected chi connectivity index (χ0v) is 16.2. The number of sulfonamides is 1. The Labute approximate surface area is 150 Å². The van der Waals surface area contributed by atoms with Crippen molar-refractivity contribution in [2.24, 2.45) is 0 Å². The fraction of sp³-hybridized carbons (Fsp3) is 0.500. The Bertz CT molecular complexity index is 677. The van der Waals surface area contributed by atoms with E-state index >= 15 is 0 Å². The highest BCUT2D eigenvalue weighted by molar-refractivity contribution is 7.88. The van der Waals surface area contributed by atoms with Crippen LogP contribution in [0.15, 0.2) is 42.5 Å². The smallest absolute Gasteiger partial charge is 0.424 e. The SMILES string of the molecule is CC(/C=C/COCc1ccccc1)N(C(=O)OC(C)(C)C)S(C)(=O)=O. The van der Waals surface area contributed by atoms with E-state index in [4.69, 9.17) is 9.47 Å². The van der Waals surface area contributed by atoms with Gasteiger partial charge in [0.1, 0.15) is 5.60 Å². The minimum Gasteiger partial charge on any atom is -0.443 e. The molecule has 1 aromatic carbocycles. The van der Waals surface area contributed by atoms with E-state index in [0.717, 1.165) is 16.1 Å². The van der Waals surface area contributed by atoms with Gasteiger partial charge in [-0.2, -0.15) is 4.31 Å². The number of hydrogen-bond donors (Lipinski definition) is 0. The number of rotatable bonds is 7. The maximum absolute atomic E-state index is 12.2. The van der Waals surface area contributed by atoms with E-state index in [-0.39, 0.29) is 0 Å². The molecular weight excluding hydrogens is 342 g/mol. The maximum Gasteiger partial charge on any atom is 0.424 e. The minimum atomic E-state index is -3.75. The van der Waals surface area contributed by atoms with Crippen LogP contribution in [0, 0.1) is 0 Å². The lowest BCUT2D eigenvalue weighted by atomic mass is 10.2. The maximum atomic E-state index is 12.2. The zero-order valence-electron chi connectivity index (χ0n) is 15.4. The van der Waals surface area contributed by atoms with Crippen LogP contribution >= 0.6 is 0 Å². The van der Waals surface area contributed by atoms with Gasteiger partial charge in [0.15, 0.2) is 0 Å². The molecule has 7 heteroatoms. The van der Waals surface area contributed by atoms with Crippen LogP contribution in [0.2, 0.25) is 0 Å². The summed E-state index contributed by atoms with van der Waals surface area (Å²) >= 11 is 0. The van der Waals surface area contributed by atoms with Crippen LogP contribution < -0.4 is 0 Å². The van der Waals surface area contributed by atoms with Crippen molar-refractivity contribution in [3.05, 3.63) is 48.0 Å². The van der Waals surface area contributed by atoms with Crippen molar-refractivity contribution in [3.63, 3.8) is 0 Å². The van der Waals surface area contributed by atoms with Crippen LogP contribution in [0.4, 0.5) is 4.79 Å². The number of nitrogens with zero attached hydrogens (tertiary/aromatic N) is 1. The molecule has 140 valence electrons. The molecule has 25 heavy (non-hydrogen) atoms. The highest BCUT2D eigenvalue weighted by Gasteiger charge is 2.31. The van der Waals surface area contributed by atoms with Crippen molar-refractivity contribution >= 4 is 16.1 Å². The zero-order chi connectivity index (χ0) is 19.1. The topological polar surface area (TPSA) is 72.9 Å². The summed E-state index contributed by atoms with van der Waals surface area (Å²) in [5.74, 6) is 0. The average Bonchev–Trinajstić information content (AvgIpc) is 2.44. The van der Waals surface area contributed by atoms with Gasteiger partial charge < -0.3 is 9.47 Å². The lowest BCUT2D eigenvalue weighted by Gasteiger charge is -2.28. The van der Waals surface area contributed by atoms with Gasteiger partial charge >= 0.3 is 6.09 Å². The molecule has 1 atom stereocenters. The van der Waals surface area contributed by atoms with Crippen LogP contribution in [0.3, 0.4) is 0 Å². The van der Waals surface area contributed by atoms with Gasteiger partial charge in [-0.15, -0.1) is 0 Å². The number of hydrogen-bond acceptors (Lipinski definition) is 5. The molecule has 6 nitrogen and oxygen atoms in total. The summed E-state index contributed by atoms with van der Waals surface area (Å²) < 4.78 is 35.3. The van der Waals surface area contributed by atoms with Crippen molar-refractivity contribution in [2.45, 2.75) is 45.9 Å². The molecule has 0 aliphatic heterocycles. The molecule has 0 heterocycles. The fourth-order valence-electron chi connectivity index (χ4n) is 2.06. The summed E-state index contributed by atoms with van der Waals surface area (Å²) in [6.45, 7) is 7.43. The van der Waals surface area contributed by atoms with Gasteiger partial charge in [-0.25, -0.2) is 13.2 Å². The molecule has 0 aromatic heterocycles. The standard InChI is InChI=1S/C18H27NO5S/c1-15(10-9-13-23-14-16-11-7-6-8-12-16)19(25(5,21)22)17(20)24-18(2,3)4/h6-12,15H,13-14H2,1-5H3/b10-9+. The van der Waals surface area contributed by atoms with E-state index in [1.54, 1.807) is 39.8 Å². The minimum absolute atomic E-state index is 0.311. The first-order chi connectivity index (χ1) is 11.5. The summed E-state index contributed by atoms with van der Waals surface area (Å²) in [6.07, 6.45) is 3.39. The van der Waals surface area contributed by atoms with E-state index in [1.807, 2.05) is 30.3 Å². The summed E-state index contributed by atoms with van der Waals surface area (Å²) in [7, 11) is -3.75. The number of benzene rings is 1. The highest BCUT2D eigenvalue weighted by atomic mass is 32.2. The molecule has 1 amide bonds. The number of carbonyl (C=O) groups is 1. The molecule has 0 aliphatic rings. The number of carbonyl (C=O) groups excluding carboxylic acids is 1. The first-order valence-corrected chi connectivity index (χ1v) is 9.86. The first-order valence-electron chi connectivity index (χ1n) is 8.01. The van der Waals surface area contributed by atoms with Gasteiger partial charge in [0.2, 0.25) is 10.0 Å². The molecule has 1 unspecified atom stereocenters. The van der Waals surface area contributed by atoms with Crippen molar-refractivity contribution in [2.75, 3.05) is 12.9 Å². The van der Waals surface area contributed by atoms with Gasteiger partial charge in [-0.3, -0.25) is 0 Å². The Balaban J connectivity index is 2.63. The molecule has 0 bridgehead atoms. The van der Waals surface area contributed by atoms with Crippen molar-refractivity contribution in [3.8, 4) is 0 Å². The average molecular weight is 369 g/mol. The van der Waals surface area contributed by atoms with Gasteiger partial charge in [0, 0.05) is 0 Å². The van der Waals surface area contributed by atoms with Gasteiger partial charge in [-0.05, 0) is 33.3 Å². The van der Waals surface area contributed by atoms with Crippen molar-refractivity contribution in [1.29, 1.82) is 0 Å². The first kappa shape index (κ1) is 21.2. The molecule has 0 spiro atoms. The van der Waals surface area contributed by atoms with E-state index in [0.29, 0.717) is 13.2 Å². The van der Waals surface area contributed by atoms with Crippen LogP contribution in [0.5, 0.6) is 0 Å². The molecule has 1 rings (SSSR count). The van der Waals surface area contributed by atoms with Crippen molar-refractivity contribution < 1.29 is 22.7 Å². The second-order valence-corrected chi connectivity index (χ2v) is 8.57. The summed E-state index contributed by atoms with van der Waals surface area (Å²) in [4.78, 5) is 12.2. The molecule has 1 aromatic rings. The largest absolute Gasteiger partial charge is 0.443 e. The number of ether oxygens (including phenoxy) is 2. The molecule has 0 saturated heterocycles. The molecule has 0 saturated carbocycles. The van der Waals surface area contributed by atoms with Gasteiger partial charge in [0.05, 0.1) is 25.5 Å². The second-order valence-electron chi connectivity index (χ2n) is 6.71. The normalized spacial score (nSPS) is 13.6. The Hall–Kier alpha value is -1.86. The third-order valence-electron chi connectivity index (χ3n) is 3.04. The van der Waals surface area contributed by atoms with E-state index in [9.17, 15) is 13.2 Å². The van der Waals surface area contributed by atoms with E-state index in [2.05, 4.69) is 0 Å². The molecule has 0 N–H and O–H groups in total. The summed E-state index contributed by atoms with van der Waals surface area (Å²) in [6, 6.07) is 9.04. The third-order valence-corrected chi connectivity index (χ3v) is 4.24. The second kappa shape index (κ2) is 9.01. The lowest BCUT2D eigenvalue weighted by Crippen LogP contribution is -2.44. The van der Waals surface area contributed by atoms with Gasteiger partial charge in [0.25, 0.3) is 0 Å². The monoisotopic (exact) mass is 369 g/mol. The van der Waals surface area contributed by atoms with Crippen LogP contribution in [0.25, 0.3) is 0 Å². The predicted octanol–water partition coefficient (Wildman–Crippen LogP) is 3.34. The van der Waals surface area contributed by atoms with E-state index in [1.165, 1.54) is 0 Å². The summed E-state index contributed by atoms with van der Waals surface area (Å²) in [5, 5.41) is 0. The summed E-state index contributed by atoms with van der Waals surface area (Å²) in [5.41, 5.74) is 0.276. The van der Waals surface area contributed by atoms with E-state index < -0.39 is 27.8 Å². The Morgan fingerprint density at radius 2 is 1.84 bits per heavy atom. The van der Waals surface area contributed by atoms with Crippen LogP contribution in [-0.2, 0) is 26.1 Å². The molecule has 0 aliphatic carbocycles. The Morgan fingerprint density at radius 3 is 2.36 bits per heavy atom. The predicted molar refractivity (Wildman–Crippen MR) is 97.6 cm³/mol. The fourth-order valence-corrected chi connectivity index (χ4v) is 3.04. The third kappa shape index (κ3) is 8.18. The van der Waals surface area contributed by atoms with Crippen LogP contribution in [-0.4, -0.2) is 43.3 Å².